The first-order valence-corrected chi connectivity index (χ1v) is 8.31. The fourth-order valence-corrected chi connectivity index (χ4v) is 2.32. The number of nitrogen functional groups attached to an aromatic ring is 1. The standard InChI is InChI=1S/C17H22N4O5.ClH/c1-2-14(22)26-21-10-9-20(16(23)17(21)24)8-3-11-25-13-6-4-12(5-7-13)15(18)19;/h4-7H,2-3,8-11H2,1H3,(H3,18,19);1H. The van der Waals surface area contributed by atoms with E-state index >= 15 is 0 Å². The van der Waals surface area contributed by atoms with Crippen molar-refractivity contribution < 1.29 is 24.0 Å². The predicted octanol–water partition coefficient (Wildman–Crippen LogP) is 0.700. The van der Waals surface area contributed by atoms with Gasteiger partial charge in [-0.1, -0.05) is 6.92 Å². The number of benzene rings is 1. The molecule has 2 rings (SSSR count). The summed E-state index contributed by atoms with van der Waals surface area (Å²) in [5.74, 6) is -1.45. The van der Waals surface area contributed by atoms with Gasteiger partial charge in [0.2, 0.25) is 0 Å². The van der Waals surface area contributed by atoms with E-state index in [9.17, 15) is 14.4 Å². The topological polar surface area (TPSA) is 126 Å². The number of nitrogens with zero attached hydrogens (tertiary/aromatic N) is 2. The average Bonchev–Trinajstić information content (AvgIpc) is 2.64. The Bertz CT molecular complexity index is 695. The molecule has 0 aromatic heterocycles. The highest BCUT2D eigenvalue weighted by atomic mass is 35.5. The van der Waals surface area contributed by atoms with Gasteiger partial charge in [-0.15, -0.1) is 12.4 Å². The van der Waals surface area contributed by atoms with Crippen molar-refractivity contribution in [2.24, 2.45) is 5.73 Å². The summed E-state index contributed by atoms with van der Waals surface area (Å²) in [6, 6.07) is 6.81. The molecule has 0 atom stereocenters. The maximum atomic E-state index is 12.0. The van der Waals surface area contributed by atoms with E-state index in [1.54, 1.807) is 31.2 Å². The molecule has 1 aromatic carbocycles. The second-order valence-corrected chi connectivity index (χ2v) is 5.66. The highest BCUT2D eigenvalue weighted by molar-refractivity contribution is 6.35. The first-order valence-electron chi connectivity index (χ1n) is 8.31. The van der Waals surface area contributed by atoms with E-state index in [1.165, 1.54) is 4.90 Å². The van der Waals surface area contributed by atoms with Crippen LogP contribution in [0.5, 0.6) is 5.75 Å². The number of nitrogens with two attached hydrogens (primary N) is 1. The average molecular weight is 399 g/mol. The number of rotatable bonds is 8. The predicted molar refractivity (Wildman–Crippen MR) is 99.5 cm³/mol. The van der Waals surface area contributed by atoms with Crippen LogP contribution in [0.25, 0.3) is 0 Å². The molecule has 0 radical (unpaired) electrons. The van der Waals surface area contributed by atoms with Gasteiger partial charge in [0.05, 0.1) is 13.2 Å². The second kappa shape index (κ2) is 10.4. The summed E-state index contributed by atoms with van der Waals surface area (Å²) < 4.78 is 5.57. The van der Waals surface area contributed by atoms with Gasteiger partial charge in [0, 0.05) is 25.1 Å². The first kappa shape index (κ1) is 22.2. The van der Waals surface area contributed by atoms with Crippen molar-refractivity contribution in [3.8, 4) is 5.75 Å². The van der Waals surface area contributed by atoms with Crippen LogP contribution in [0.2, 0.25) is 0 Å². The Labute approximate surface area is 163 Å². The highest BCUT2D eigenvalue weighted by Crippen LogP contribution is 2.13. The molecule has 1 saturated heterocycles. The van der Waals surface area contributed by atoms with E-state index < -0.39 is 17.8 Å². The number of ether oxygens (including phenoxy) is 1. The molecule has 9 nitrogen and oxygen atoms in total. The monoisotopic (exact) mass is 398 g/mol. The van der Waals surface area contributed by atoms with Gasteiger partial charge in [-0.2, -0.15) is 5.06 Å². The van der Waals surface area contributed by atoms with Gasteiger partial charge in [-0.3, -0.25) is 15.0 Å². The van der Waals surface area contributed by atoms with Crippen molar-refractivity contribution in [2.75, 3.05) is 26.2 Å². The van der Waals surface area contributed by atoms with Crippen LogP contribution in [0.4, 0.5) is 0 Å². The number of piperazine rings is 1. The van der Waals surface area contributed by atoms with Gasteiger partial charge in [-0.05, 0) is 30.7 Å². The Hall–Kier alpha value is -2.81. The van der Waals surface area contributed by atoms with Crippen molar-refractivity contribution in [1.82, 2.24) is 9.96 Å². The molecule has 1 fully saturated rings. The van der Waals surface area contributed by atoms with Crippen LogP contribution >= 0.6 is 12.4 Å². The maximum Gasteiger partial charge on any atom is 0.344 e. The number of amidine groups is 1. The summed E-state index contributed by atoms with van der Waals surface area (Å²) in [4.78, 5) is 41.5. The van der Waals surface area contributed by atoms with E-state index in [2.05, 4.69) is 0 Å². The molecule has 0 saturated carbocycles. The molecule has 1 aliphatic heterocycles. The van der Waals surface area contributed by atoms with Gasteiger partial charge in [0.15, 0.2) is 0 Å². The zero-order valence-corrected chi connectivity index (χ0v) is 15.8. The molecule has 0 aliphatic carbocycles. The quantitative estimate of drug-likeness (QED) is 0.287. The van der Waals surface area contributed by atoms with Gasteiger partial charge in [0.1, 0.15) is 11.6 Å². The number of nitrogens with one attached hydrogen (secondary N) is 1. The molecule has 0 unspecified atom stereocenters. The van der Waals surface area contributed by atoms with E-state index in [0.717, 1.165) is 5.06 Å². The Morgan fingerprint density at radius 1 is 1.19 bits per heavy atom. The lowest BCUT2D eigenvalue weighted by atomic mass is 10.2. The van der Waals surface area contributed by atoms with Crippen molar-refractivity contribution in [3.05, 3.63) is 29.8 Å². The molecule has 0 spiro atoms. The highest BCUT2D eigenvalue weighted by Gasteiger charge is 2.34. The number of carbonyl (C=O) groups excluding carboxylic acids is 3. The first-order chi connectivity index (χ1) is 12.4. The van der Waals surface area contributed by atoms with E-state index in [-0.39, 0.29) is 31.2 Å². The number of amides is 2. The number of carbonyl (C=O) groups is 3. The molecule has 3 N–H and O–H groups in total. The third-order valence-corrected chi connectivity index (χ3v) is 3.78. The molecule has 10 heteroatoms. The minimum Gasteiger partial charge on any atom is -0.494 e. The van der Waals surface area contributed by atoms with Crippen molar-refractivity contribution in [1.29, 1.82) is 5.41 Å². The fourth-order valence-electron chi connectivity index (χ4n) is 2.32. The smallest absolute Gasteiger partial charge is 0.344 e. The van der Waals surface area contributed by atoms with E-state index in [4.69, 9.17) is 20.7 Å². The van der Waals surface area contributed by atoms with Crippen molar-refractivity contribution in [2.45, 2.75) is 19.8 Å². The molecule has 2 amide bonds. The summed E-state index contributed by atoms with van der Waals surface area (Å²) in [5, 5.41) is 8.14. The molecular formula is C17H23ClN4O5. The summed E-state index contributed by atoms with van der Waals surface area (Å²) in [6.07, 6.45) is 0.675. The van der Waals surface area contributed by atoms with Gasteiger partial charge < -0.3 is 20.2 Å². The van der Waals surface area contributed by atoms with Crippen LogP contribution in [0, 0.1) is 5.41 Å². The zero-order chi connectivity index (χ0) is 19.1. The number of hydrogen-bond donors (Lipinski definition) is 2. The van der Waals surface area contributed by atoms with Crippen LogP contribution in [0.15, 0.2) is 24.3 Å². The maximum absolute atomic E-state index is 12.0. The van der Waals surface area contributed by atoms with Gasteiger partial charge in [0.25, 0.3) is 0 Å². The Balaban J connectivity index is 0.00000364. The Morgan fingerprint density at radius 2 is 1.85 bits per heavy atom. The molecule has 0 bridgehead atoms. The van der Waals surface area contributed by atoms with Crippen LogP contribution in [0.3, 0.4) is 0 Å². The lowest BCUT2D eigenvalue weighted by molar-refractivity contribution is -0.205. The fraction of sp³-hybridized carbons (Fsp3) is 0.412. The lowest BCUT2D eigenvalue weighted by Crippen LogP contribution is -2.54. The molecule has 1 heterocycles. The number of halogens is 1. The van der Waals surface area contributed by atoms with Crippen LogP contribution in [-0.2, 0) is 19.2 Å². The summed E-state index contributed by atoms with van der Waals surface area (Å²) in [5.41, 5.74) is 6.00. The van der Waals surface area contributed by atoms with Crippen molar-refractivity contribution >= 4 is 36.0 Å². The Kier molecular flexibility index (Phi) is 8.53. The minimum absolute atomic E-state index is 0. The minimum atomic E-state index is -0.834. The summed E-state index contributed by atoms with van der Waals surface area (Å²) in [7, 11) is 0. The third-order valence-electron chi connectivity index (χ3n) is 3.78. The third kappa shape index (κ3) is 6.14. The normalized spacial score (nSPS) is 13.8. The number of hydrogen-bond acceptors (Lipinski definition) is 6. The van der Waals surface area contributed by atoms with Crippen LogP contribution in [-0.4, -0.2) is 59.8 Å². The van der Waals surface area contributed by atoms with E-state index in [1.807, 2.05) is 0 Å². The van der Waals surface area contributed by atoms with Gasteiger partial charge >= 0.3 is 17.8 Å². The second-order valence-electron chi connectivity index (χ2n) is 5.66. The van der Waals surface area contributed by atoms with Crippen LogP contribution in [0.1, 0.15) is 25.3 Å². The summed E-state index contributed by atoms with van der Waals surface area (Å²) >= 11 is 0. The summed E-state index contributed by atoms with van der Waals surface area (Å²) in [6.45, 7) is 2.80. The largest absolute Gasteiger partial charge is 0.494 e. The number of hydroxylamine groups is 2. The van der Waals surface area contributed by atoms with Crippen molar-refractivity contribution in [3.63, 3.8) is 0 Å². The van der Waals surface area contributed by atoms with Gasteiger partial charge in [-0.25, -0.2) is 4.79 Å². The molecule has 27 heavy (non-hydrogen) atoms. The molecular weight excluding hydrogens is 376 g/mol. The van der Waals surface area contributed by atoms with Crippen LogP contribution < -0.4 is 10.5 Å². The lowest BCUT2D eigenvalue weighted by Gasteiger charge is -2.32. The Morgan fingerprint density at radius 3 is 2.44 bits per heavy atom. The molecule has 1 aromatic rings. The zero-order valence-electron chi connectivity index (χ0n) is 15.0. The van der Waals surface area contributed by atoms with E-state index in [0.29, 0.717) is 37.4 Å². The molecule has 1 aliphatic rings. The SMILES string of the molecule is CCC(=O)ON1CCN(CCCOc2ccc(C(=N)N)cc2)C(=O)C1=O.Cl. The molecule has 148 valence electrons.